The quantitative estimate of drug-likeness (QED) is 0.378. The molecule has 41 heavy (non-hydrogen) atoms. The van der Waals surface area contributed by atoms with Crippen LogP contribution in [0.15, 0.2) is 96.6 Å². The summed E-state index contributed by atoms with van der Waals surface area (Å²) in [6.07, 6.45) is 2.84. The Bertz CT molecular complexity index is 1570. The first-order valence-electron chi connectivity index (χ1n) is 14.2. The normalized spacial score (nSPS) is 28.8. The second-order valence-electron chi connectivity index (χ2n) is 11.6. The van der Waals surface area contributed by atoms with Crippen LogP contribution in [0.3, 0.4) is 0 Å². The van der Waals surface area contributed by atoms with Gasteiger partial charge in [0.2, 0.25) is 23.6 Å². The lowest BCUT2D eigenvalue weighted by Crippen LogP contribution is -2.43. The van der Waals surface area contributed by atoms with E-state index >= 15 is 0 Å². The second kappa shape index (κ2) is 9.84. The molecule has 7 nitrogen and oxygen atoms in total. The molecular formula is C34H30N2O5. The molecule has 0 aromatic heterocycles. The van der Waals surface area contributed by atoms with Crippen molar-refractivity contribution in [3.63, 3.8) is 0 Å². The van der Waals surface area contributed by atoms with Crippen LogP contribution >= 0.6 is 0 Å². The Morgan fingerprint density at radius 3 is 1.73 bits per heavy atom. The summed E-state index contributed by atoms with van der Waals surface area (Å²) >= 11 is 0. The first-order chi connectivity index (χ1) is 19.9. The van der Waals surface area contributed by atoms with Crippen LogP contribution in [-0.4, -0.2) is 38.5 Å². The highest BCUT2D eigenvalue weighted by atomic mass is 16.3. The van der Waals surface area contributed by atoms with E-state index in [4.69, 9.17) is 0 Å². The zero-order chi connectivity index (χ0) is 28.2. The van der Waals surface area contributed by atoms with Crippen molar-refractivity contribution in [2.24, 2.45) is 29.6 Å². The fourth-order valence-electron chi connectivity index (χ4n) is 7.62. The van der Waals surface area contributed by atoms with Gasteiger partial charge in [-0.25, -0.2) is 0 Å². The van der Waals surface area contributed by atoms with Crippen LogP contribution in [0.4, 0.5) is 0 Å². The summed E-state index contributed by atoms with van der Waals surface area (Å²) in [5.74, 6) is -3.61. The number of aromatic hydroxyl groups is 1. The summed E-state index contributed by atoms with van der Waals surface area (Å²) in [7, 11) is 0. The van der Waals surface area contributed by atoms with Gasteiger partial charge in [0.05, 0.1) is 36.8 Å². The molecule has 1 saturated carbocycles. The van der Waals surface area contributed by atoms with E-state index in [0.29, 0.717) is 12.8 Å². The minimum Gasteiger partial charge on any atom is -0.508 e. The average Bonchev–Trinajstić information content (AvgIpc) is 3.38. The van der Waals surface area contributed by atoms with Crippen molar-refractivity contribution in [2.75, 3.05) is 0 Å². The Hall–Kier alpha value is -4.52. The fourth-order valence-corrected chi connectivity index (χ4v) is 7.62. The number of phenolic OH excluding ortho intramolecular Hbond substituents is 1. The van der Waals surface area contributed by atoms with Crippen molar-refractivity contribution >= 4 is 23.6 Å². The zero-order valence-corrected chi connectivity index (χ0v) is 22.4. The maximum absolute atomic E-state index is 14.0. The van der Waals surface area contributed by atoms with Gasteiger partial charge in [-0.15, -0.1) is 0 Å². The number of hydrogen-bond donors (Lipinski definition) is 1. The molecule has 3 fully saturated rings. The lowest BCUT2D eigenvalue weighted by Gasteiger charge is -2.44. The van der Waals surface area contributed by atoms with E-state index in [1.165, 1.54) is 9.80 Å². The molecule has 4 amide bonds. The van der Waals surface area contributed by atoms with Gasteiger partial charge in [-0.3, -0.25) is 29.0 Å². The van der Waals surface area contributed by atoms with E-state index in [1.54, 1.807) is 24.3 Å². The Balaban J connectivity index is 1.27. The summed E-state index contributed by atoms with van der Waals surface area (Å²) in [6.45, 7) is 0.426. The molecule has 7 heteroatoms. The number of imide groups is 2. The zero-order valence-electron chi connectivity index (χ0n) is 22.4. The summed E-state index contributed by atoms with van der Waals surface area (Å²) in [5.41, 5.74) is 3.55. The van der Waals surface area contributed by atoms with E-state index in [-0.39, 0.29) is 48.4 Å². The van der Waals surface area contributed by atoms with Crippen LogP contribution < -0.4 is 0 Å². The number of carbonyl (C=O) groups excluding carboxylic acids is 4. The van der Waals surface area contributed by atoms with E-state index in [1.807, 2.05) is 66.7 Å². The van der Waals surface area contributed by atoms with Crippen molar-refractivity contribution in [3.8, 4) is 5.75 Å². The fraction of sp³-hybridized carbons (Fsp3) is 0.294. The average molecular weight is 547 g/mol. The smallest absolute Gasteiger partial charge is 0.234 e. The topological polar surface area (TPSA) is 95.0 Å². The number of amides is 4. The monoisotopic (exact) mass is 546 g/mol. The maximum Gasteiger partial charge on any atom is 0.234 e. The SMILES string of the molecule is O=C1[C@H]2[C@H](CC=C3[C@H]2C[C@H]2C(=O)N(Cc4ccccc4)C(=O)[C@H]2[C@H]3c2ccc(O)cc2)C(=O)N1Cc1ccccc1. The molecule has 3 aromatic rings. The van der Waals surface area contributed by atoms with E-state index in [0.717, 1.165) is 22.3 Å². The molecule has 2 heterocycles. The molecule has 4 aliphatic rings. The number of likely N-dealkylation sites (tertiary alicyclic amines) is 2. The molecule has 2 aliphatic heterocycles. The first kappa shape index (κ1) is 25.4. The predicted molar refractivity (Wildman–Crippen MR) is 150 cm³/mol. The summed E-state index contributed by atoms with van der Waals surface area (Å²) in [4.78, 5) is 58.1. The molecular weight excluding hydrogens is 516 g/mol. The van der Waals surface area contributed by atoms with Crippen LogP contribution in [-0.2, 0) is 32.3 Å². The number of hydrogen-bond acceptors (Lipinski definition) is 5. The van der Waals surface area contributed by atoms with Crippen LogP contribution in [0.5, 0.6) is 5.75 Å². The molecule has 3 aromatic carbocycles. The van der Waals surface area contributed by atoms with Crippen molar-refractivity contribution in [3.05, 3.63) is 113 Å². The molecule has 1 N–H and O–H groups in total. The van der Waals surface area contributed by atoms with Crippen LogP contribution in [0.2, 0.25) is 0 Å². The Kier molecular flexibility index (Phi) is 6.11. The molecule has 2 saturated heterocycles. The molecule has 0 radical (unpaired) electrons. The van der Waals surface area contributed by atoms with Crippen molar-refractivity contribution in [1.82, 2.24) is 9.80 Å². The van der Waals surface area contributed by atoms with Gasteiger partial charge in [-0.1, -0.05) is 84.4 Å². The third-order valence-electron chi connectivity index (χ3n) is 9.45. The standard InChI is InChI=1S/C34H30N2O5/c37-23-13-11-22(12-14-23)28-24-15-16-25-29(33(40)35(31(25)38)18-20-7-3-1-4-8-20)26(24)17-27-30(28)34(41)36(32(27)39)19-21-9-5-2-6-10-21/h1-15,25-30,37H,16-19H2/t25-,26+,27+,28-,29-,30+/m0/s1. The van der Waals surface area contributed by atoms with Crippen LogP contribution in [0.1, 0.15) is 35.4 Å². The largest absolute Gasteiger partial charge is 0.508 e. The van der Waals surface area contributed by atoms with E-state index < -0.39 is 29.6 Å². The second-order valence-corrected chi connectivity index (χ2v) is 11.6. The minimum absolute atomic E-state index is 0.114. The minimum atomic E-state index is -0.595. The Morgan fingerprint density at radius 2 is 1.15 bits per heavy atom. The highest BCUT2D eigenvalue weighted by Crippen LogP contribution is 2.58. The van der Waals surface area contributed by atoms with Gasteiger partial charge in [0.1, 0.15) is 5.75 Å². The molecule has 7 rings (SSSR count). The van der Waals surface area contributed by atoms with E-state index in [9.17, 15) is 24.3 Å². The van der Waals surface area contributed by atoms with Gasteiger partial charge in [-0.2, -0.15) is 0 Å². The number of fused-ring (bicyclic) bond motifs is 4. The highest BCUT2D eigenvalue weighted by Gasteiger charge is 2.61. The lowest BCUT2D eigenvalue weighted by atomic mass is 9.57. The summed E-state index contributed by atoms with van der Waals surface area (Å²) in [6, 6.07) is 25.7. The van der Waals surface area contributed by atoms with Crippen molar-refractivity contribution < 1.29 is 24.3 Å². The predicted octanol–water partition coefficient (Wildman–Crippen LogP) is 4.43. The van der Waals surface area contributed by atoms with Gasteiger partial charge in [-0.05, 0) is 47.6 Å². The third kappa shape index (κ3) is 4.10. The van der Waals surface area contributed by atoms with Crippen molar-refractivity contribution in [2.45, 2.75) is 31.8 Å². The number of carbonyl (C=O) groups is 4. The molecule has 2 aliphatic carbocycles. The molecule has 0 bridgehead atoms. The van der Waals surface area contributed by atoms with E-state index in [2.05, 4.69) is 0 Å². The number of rotatable bonds is 5. The van der Waals surface area contributed by atoms with Gasteiger partial charge in [0.15, 0.2) is 0 Å². The first-order valence-corrected chi connectivity index (χ1v) is 14.2. The summed E-state index contributed by atoms with van der Waals surface area (Å²) in [5, 5.41) is 9.98. The molecule has 0 spiro atoms. The number of nitrogens with zero attached hydrogens (tertiary/aromatic N) is 2. The van der Waals surface area contributed by atoms with Gasteiger partial charge in [0.25, 0.3) is 0 Å². The molecule has 206 valence electrons. The third-order valence-corrected chi connectivity index (χ3v) is 9.45. The number of allylic oxidation sites excluding steroid dienone is 2. The van der Waals surface area contributed by atoms with Crippen LogP contribution in [0, 0.1) is 29.6 Å². The maximum atomic E-state index is 14.0. The lowest BCUT2D eigenvalue weighted by molar-refractivity contribution is -0.142. The highest BCUT2D eigenvalue weighted by molar-refractivity contribution is 6.07. The number of benzene rings is 3. The van der Waals surface area contributed by atoms with Gasteiger partial charge >= 0.3 is 0 Å². The Labute approximate surface area is 238 Å². The number of phenols is 1. The Morgan fingerprint density at radius 1 is 0.610 bits per heavy atom. The van der Waals surface area contributed by atoms with Crippen LogP contribution in [0.25, 0.3) is 0 Å². The molecule has 0 unspecified atom stereocenters. The van der Waals surface area contributed by atoms with Crippen molar-refractivity contribution in [1.29, 1.82) is 0 Å². The van der Waals surface area contributed by atoms with Gasteiger partial charge in [0, 0.05) is 5.92 Å². The molecule has 6 atom stereocenters. The summed E-state index contributed by atoms with van der Waals surface area (Å²) < 4.78 is 0. The van der Waals surface area contributed by atoms with Gasteiger partial charge < -0.3 is 5.11 Å².